The molecule has 2 rings (SSSR count). The van der Waals surface area contributed by atoms with E-state index in [-0.39, 0.29) is 12.1 Å². The van der Waals surface area contributed by atoms with Gasteiger partial charge < -0.3 is 5.32 Å². The molecule has 0 amide bonds. The number of rotatable bonds is 5. The highest BCUT2D eigenvalue weighted by Gasteiger charge is 2.20. The zero-order valence-corrected chi connectivity index (χ0v) is 13.4. The molecule has 1 aromatic heterocycles. The van der Waals surface area contributed by atoms with Crippen LogP contribution in [-0.2, 0) is 6.42 Å². The van der Waals surface area contributed by atoms with E-state index in [2.05, 4.69) is 30.3 Å². The maximum Gasteiger partial charge on any atom is 0.0834 e. The molecule has 20 heavy (non-hydrogen) atoms. The molecule has 1 aromatic carbocycles. The largest absolute Gasteiger partial charge is 0.311 e. The van der Waals surface area contributed by atoms with E-state index >= 15 is 0 Å². The average molecular weight is 312 g/mol. The van der Waals surface area contributed by atoms with Crippen LogP contribution in [0.25, 0.3) is 0 Å². The molecule has 0 aliphatic heterocycles. The van der Waals surface area contributed by atoms with Gasteiger partial charge in [0.05, 0.1) is 23.0 Å². The van der Waals surface area contributed by atoms with Crippen LogP contribution in [0, 0.1) is 0 Å². The van der Waals surface area contributed by atoms with E-state index in [4.69, 9.17) is 23.2 Å². The zero-order chi connectivity index (χ0) is 14.7. The van der Waals surface area contributed by atoms with Gasteiger partial charge in [0.1, 0.15) is 0 Å². The van der Waals surface area contributed by atoms with Crippen molar-refractivity contribution >= 4 is 23.2 Å². The maximum atomic E-state index is 6.31. The molecule has 0 saturated carbocycles. The van der Waals surface area contributed by atoms with Crippen LogP contribution in [0.2, 0.25) is 10.0 Å². The first-order valence-corrected chi connectivity index (χ1v) is 7.43. The second-order valence-electron chi connectivity index (χ2n) is 5.09. The van der Waals surface area contributed by atoms with Crippen LogP contribution >= 0.6 is 23.2 Å². The van der Waals surface area contributed by atoms with Crippen LogP contribution < -0.4 is 5.32 Å². The quantitative estimate of drug-likeness (QED) is 0.893. The Kier molecular flexibility index (Phi) is 5.08. The van der Waals surface area contributed by atoms with Gasteiger partial charge in [0.2, 0.25) is 0 Å². The number of nitrogens with one attached hydrogen (secondary N) is 1. The Bertz CT molecular complexity index is 578. The minimum atomic E-state index is 0.103. The van der Waals surface area contributed by atoms with Crippen molar-refractivity contribution in [3.05, 3.63) is 51.8 Å². The van der Waals surface area contributed by atoms with Crippen molar-refractivity contribution in [1.82, 2.24) is 15.1 Å². The Balaban J connectivity index is 2.31. The molecular formula is C15H19Cl2N3. The average Bonchev–Trinajstić information content (AvgIpc) is 2.78. The Morgan fingerprint density at radius 3 is 2.65 bits per heavy atom. The minimum absolute atomic E-state index is 0.103. The van der Waals surface area contributed by atoms with Gasteiger partial charge in [0, 0.05) is 11.1 Å². The number of hydrogen-bond donors (Lipinski definition) is 1. The highest BCUT2D eigenvalue weighted by Crippen LogP contribution is 2.28. The summed E-state index contributed by atoms with van der Waals surface area (Å²) in [5.74, 6) is 0. The lowest BCUT2D eigenvalue weighted by Gasteiger charge is -2.20. The summed E-state index contributed by atoms with van der Waals surface area (Å²) in [6.07, 6.45) is 2.52. The van der Waals surface area contributed by atoms with Crippen molar-refractivity contribution in [2.24, 2.45) is 0 Å². The summed E-state index contributed by atoms with van der Waals surface area (Å²) in [7, 11) is 1.93. The van der Waals surface area contributed by atoms with Crippen molar-refractivity contribution < 1.29 is 0 Å². The Morgan fingerprint density at radius 2 is 2.05 bits per heavy atom. The molecule has 2 aromatic rings. The second kappa shape index (κ2) is 6.61. The van der Waals surface area contributed by atoms with Crippen LogP contribution in [0.3, 0.4) is 0 Å². The number of aromatic nitrogens is 2. The molecule has 0 spiro atoms. The van der Waals surface area contributed by atoms with Gasteiger partial charge in [-0.3, -0.25) is 4.68 Å². The molecule has 108 valence electrons. The number of hydrogen-bond acceptors (Lipinski definition) is 2. The second-order valence-corrected chi connectivity index (χ2v) is 5.94. The Morgan fingerprint density at radius 1 is 1.30 bits per heavy atom. The SMILES string of the molecule is CNC(Cc1cccc(Cl)c1)c1c(Cl)cnn1C(C)C. The fourth-order valence-electron chi connectivity index (χ4n) is 2.32. The fourth-order valence-corrected chi connectivity index (χ4v) is 2.80. The normalized spacial score (nSPS) is 12.9. The monoisotopic (exact) mass is 311 g/mol. The lowest BCUT2D eigenvalue weighted by molar-refractivity contribution is 0.460. The summed E-state index contributed by atoms with van der Waals surface area (Å²) in [5, 5.41) is 9.13. The van der Waals surface area contributed by atoms with Crippen LogP contribution in [-0.4, -0.2) is 16.8 Å². The smallest absolute Gasteiger partial charge is 0.0834 e. The van der Waals surface area contributed by atoms with Gasteiger partial charge in [0.15, 0.2) is 0 Å². The molecule has 1 unspecified atom stereocenters. The van der Waals surface area contributed by atoms with Crippen molar-refractivity contribution in [2.75, 3.05) is 7.05 Å². The molecule has 0 bridgehead atoms. The van der Waals surface area contributed by atoms with E-state index in [1.165, 1.54) is 5.56 Å². The molecule has 1 N–H and O–H groups in total. The zero-order valence-electron chi connectivity index (χ0n) is 11.9. The van der Waals surface area contributed by atoms with E-state index in [0.717, 1.165) is 17.1 Å². The molecule has 1 heterocycles. The molecular weight excluding hydrogens is 293 g/mol. The van der Waals surface area contributed by atoms with Crippen molar-refractivity contribution in [1.29, 1.82) is 0 Å². The van der Waals surface area contributed by atoms with E-state index in [1.54, 1.807) is 6.20 Å². The van der Waals surface area contributed by atoms with E-state index in [0.29, 0.717) is 5.02 Å². The number of halogens is 2. The standard InChI is InChI=1S/C15H19Cl2N3/c1-10(2)20-15(13(17)9-19-20)14(18-3)8-11-5-4-6-12(16)7-11/h4-7,9-10,14,18H,8H2,1-3H3. The predicted octanol–water partition coefficient (Wildman–Crippen LogP) is 4.27. The Hall–Kier alpha value is -1.03. The van der Waals surface area contributed by atoms with Crippen LogP contribution in [0.5, 0.6) is 0 Å². The summed E-state index contributed by atoms with van der Waals surface area (Å²) >= 11 is 12.4. The first-order chi connectivity index (χ1) is 9.52. The summed E-state index contributed by atoms with van der Waals surface area (Å²) in [5.41, 5.74) is 2.19. The van der Waals surface area contributed by atoms with Gasteiger partial charge in [-0.2, -0.15) is 5.10 Å². The Labute approximate surface area is 129 Å². The number of likely N-dealkylation sites (N-methyl/N-ethyl adjacent to an activating group) is 1. The van der Waals surface area contributed by atoms with Gasteiger partial charge in [-0.1, -0.05) is 35.3 Å². The summed E-state index contributed by atoms with van der Waals surface area (Å²) in [4.78, 5) is 0. The summed E-state index contributed by atoms with van der Waals surface area (Å²) in [6, 6.07) is 8.27. The molecule has 0 aliphatic rings. The highest BCUT2D eigenvalue weighted by molar-refractivity contribution is 6.31. The maximum absolute atomic E-state index is 6.31. The van der Waals surface area contributed by atoms with Gasteiger partial charge in [-0.15, -0.1) is 0 Å². The van der Waals surface area contributed by atoms with Crippen LogP contribution in [0.15, 0.2) is 30.5 Å². The third-order valence-electron chi connectivity index (χ3n) is 3.28. The van der Waals surface area contributed by atoms with Gasteiger partial charge in [0.25, 0.3) is 0 Å². The molecule has 1 atom stereocenters. The summed E-state index contributed by atoms with van der Waals surface area (Å²) in [6.45, 7) is 4.19. The van der Waals surface area contributed by atoms with Gasteiger partial charge >= 0.3 is 0 Å². The first kappa shape index (κ1) is 15.4. The highest BCUT2D eigenvalue weighted by atomic mass is 35.5. The first-order valence-electron chi connectivity index (χ1n) is 6.67. The third-order valence-corrected chi connectivity index (χ3v) is 3.81. The molecule has 0 radical (unpaired) electrons. The molecule has 3 nitrogen and oxygen atoms in total. The van der Waals surface area contributed by atoms with Crippen molar-refractivity contribution in [2.45, 2.75) is 32.4 Å². The minimum Gasteiger partial charge on any atom is -0.311 e. The fraction of sp³-hybridized carbons (Fsp3) is 0.400. The molecule has 0 saturated heterocycles. The molecule has 0 fully saturated rings. The number of nitrogens with zero attached hydrogens (tertiary/aromatic N) is 2. The van der Waals surface area contributed by atoms with Crippen LogP contribution in [0.1, 0.15) is 37.2 Å². The summed E-state index contributed by atoms with van der Waals surface area (Å²) < 4.78 is 1.97. The van der Waals surface area contributed by atoms with E-state index < -0.39 is 0 Å². The topological polar surface area (TPSA) is 29.9 Å². The number of benzene rings is 1. The lowest BCUT2D eigenvalue weighted by atomic mass is 10.0. The third kappa shape index (κ3) is 3.35. The van der Waals surface area contributed by atoms with Gasteiger partial charge in [-0.25, -0.2) is 0 Å². The van der Waals surface area contributed by atoms with Crippen molar-refractivity contribution in [3.63, 3.8) is 0 Å². The van der Waals surface area contributed by atoms with E-state index in [1.807, 2.05) is 29.9 Å². The molecule has 5 heteroatoms. The van der Waals surface area contributed by atoms with Crippen molar-refractivity contribution in [3.8, 4) is 0 Å². The van der Waals surface area contributed by atoms with E-state index in [9.17, 15) is 0 Å². The van der Waals surface area contributed by atoms with Crippen LogP contribution in [0.4, 0.5) is 0 Å². The van der Waals surface area contributed by atoms with Gasteiger partial charge in [-0.05, 0) is 45.0 Å². The molecule has 0 aliphatic carbocycles. The lowest BCUT2D eigenvalue weighted by Crippen LogP contribution is -2.23. The predicted molar refractivity (Wildman–Crippen MR) is 84.6 cm³/mol.